The number of ether oxygens (including phenoxy) is 1. The normalized spacial score (nSPS) is 15.2. The first kappa shape index (κ1) is 20.6. The van der Waals surface area contributed by atoms with E-state index in [0.717, 1.165) is 0 Å². The minimum absolute atomic E-state index is 0.0990. The summed E-state index contributed by atoms with van der Waals surface area (Å²) in [5.41, 5.74) is 1.41. The summed E-state index contributed by atoms with van der Waals surface area (Å²) in [5, 5.41) is 11.5. The Kier molecular flexibility index (Phi) is 5.72. The molecule has 0 N–H and O–H groups in total. The van der Waals surface area contributed by atoms with Crippen molar-refractivity contribution in [3.8, 4) is 0 Å². The Morgan fingerprint density at radius 1 is 1.14 bits per heavy atom. The first-order valence-electron chi connectivity index (χ1n) is 8.29. The van der Waals surface area contributed by atoms with Crippen LogP contribution in [0.1, 0.15) is 12.5 Å². The highest BCUT2D eigenvalue weighted by molar-refractivity contribution is 6.42. The highest BCUT2D eigenvalue weighted by Gasteiger charge is 2.38. The first-order valence-corrected chi connectivity index (χ1v) is 9.05. The van der Waals surface area contributed by atoms with E-state index in [1.54, 1.807) is 25.1 Å². The van der Waals surface area contributed by atoms with Gasteiger partial charge in [0.2, 0.25) is 0 Å². The van der Waals surface area contributed by atoms with Crippen molar-refractivity contribution in [1.82, 2.24) is 0 Å². The number of nitrogens with zero attached hydrogens (tertiary/aromatic N) is 2. The molecule has 3 rings (SSSR count). The summed E-state index contributed by atoms with van der Waals surface area (Å²) in [6, 6.07) is 10.3. The van der Waals surface area contributed by atoms with Crippen LogP contribution in [-0.4, -0.2) is 23.9 Å². The number of methoxy groups -OCH3 is 1. The fourth-order valence-corrected chi connectivity index (χ4v) is 3.29. The summed E-state index contributed by atoms with van der Waals surface area (Å²) in [6.07, 6.45) is 1.52. The lowest BCUT2D eigenvalue weighted by Crippen LogP contribution is -2.24. The van der Waals surface area contributed by atoms with Crippen LogP contribution in [-0.2, 0) is 14.3 Å². The SMILES string of the molecule is COC(=O)C1=C(C)N(c2ccc([N+](=O)[O-])cc2)C(=O)C1=Cc1ccc(Cl)c(Cl)c1. The van der Waals surface area contributed by atoms with Crippen LogP contribution in [0.3, 0.4) is 0 Å². The van der Waals surface area contributed by atoms with E-state index in [9.17, 15) is 19.7 Å². The molecule has 0 radical (unpaired) electrons. The van der Waals surface area contributed by atoms with E-state index >= 15 is 0 Å². The lowest BCUT2D eigenvalue weighted by Gasteiger charge is -2.17. The number of halogens is 2. The third-order valence-electron chi connectivity index (χ3n) is 4.36. The minimum atomic E-state index is -0.674. The summed E-state index contributed by atoms with van der Waals surface area (Å²) in [6.45, 7) is 1.60. The molecule has 0 aliphatic carbocycles. The third kappa shape index (κ3) is 3.87. The van der Waals surface area contributed by atoms with Gasteiger partial charge in [0.1, 0.15) is 0 Å². The Balaban J connectivity index is 2.11. The molecule has 1 amide bonds. The molecule has 1 aliphatic rings. The van der Waals surface area contributed by atoms with Gasteiger partial charge in [0.15, 0.2) is 0 Å². The molecular formula is C20H14Cl2N2O5. The van der Waals surface area contributed by atoms with Crippen LogP contribution in [0.4, 0.5) is 11.4 Å². The molecule has 0 unspecified atom stereocenters. The number of rotatable bonds is 4. The van der Waals surface area contributed by atoms with Crippen LogP contribution >= 0.6 is 23.2 Å². The predicted molar refractivity (Wildman–Crippen MR) is 110 cm³/mol. The molecule has 0 atom stereocenters. The highest BCUT2D eigenvalue weighted by atomic mass is 35.5. The fourth-order valence-electron chi connectivity index (χ4n) is 2.98. The molecule has 2 aromatic carbocycles. The Hall–Kier alpha value is -3.16. The molecule has 0 fully saturated rings. The van der Waals surface area contributed by atoms with E-state index in [2.05, 4.69) is 0 Å². The van der Waals surface area contributed by atoms with Crippen LogP contribution in [0.25, 0.3) is 6.08 Å². The molecule has 0 saturated heterocycles. The lowest BCUT2D eigenvalue weighted by atomic mass is 10.0. The zero-order chi connectivity index (χ0) is 21.3. The van der Waals surface area contributed by atoms with Crippen molar-refractivity contribution in [2.45, 2.75) is 6.92 Å². The second kappa shape index (κ2) is 8.06. The van der Waals surface area contributed by atoms with E-state index in [-0.39, 0.29) is 16.8 Å². The molecule has 0 aromatic heterocycles. The van der Waals surface area contributed by atoms with E-state index in [1.807, 2.05) is 0 Å². The highest BCUT2D eigenvalue weighted by Crippen LogP contribution is 2.36. The van der Waals surface area contributed by atoms with E-state index in [4.69, 9.17) is 27.9 Å². The van der Waals surface area contributed by atoms with Gasteiger partial charge in [-0.15, -0.1) is 0 Å². The first-order chi connectivity index (χ1) is 13.7. The zero-order valence-corrected chi connectivity index (χ0v) is 16.8. The number of benzene rings is 2. The lowest BCUT2D eigenvalue weighted by molar-refractivity contribution is -0.384. The van der Waals surface area contributed by atoms with Crippen molar-refractivity contribution in [2.75, 3.05) is 12.0 Å². The van der Waals surface area contributed by atoms with Crippen molar-refractivity contribution < 1.29 is 19.2 Å². The number of nitro benzene ring substituents is 1. The van der Waals surface area contributed by atoms with Crippen LogP contribution < -0.4 is 4.90 Å². The summed E-state index contributed by atoms with van der Waals surface area (Å²) in [5.74, 6) is -1.14. The summed E-state index contributed by atoms with van der Waals surface area (Å²) >= 11 is 12.0. The topological polar surface area (TPSA) is 89.8 Å². The Bertz CT molecular complexity index is 1090. The average molecular weight is 433 g/mol. The maximum absolute atomic E-state index is 13.1. The van der Waals surface area contributed by atoms with Gasteiger partial charge < -0.3 is 4.74 Å². The van der Waals surface area contributed by atoms with Crippen LogP contribution in [0.15, 0.2) is 59.3 Å². The maximum atomic E-state index is 13.1. The van der Waals surface area contributed by atoms with Gasteiger partial charge in [0.05, 0.1) is 33.2 Å². The van der Waals surface area contributed by atoms with Crippen LogP contribution in [0.2, 0.25) is 10.0 Å². The van der Waals surface area contributed by atoms with Crippen molar-refractivity contribution in [1.29, 1.82) is 0 Å². The second-order valence-corrected chi connectivity index (χ2v) is 6.91. The van der Waals surface area contributed by atoms with Gasteiger partial charge in [-0.05, 0) is 42.8 Å². The summed E-state index contributed by atoms with van der Waals surface area (Å²) in [7, 11) is 1.22. The van der Waals surface area contributed by atoms with Crippen molar-refractivity contribution >= 4 is 52.5 Å². The molecule has 0 saturated carbocycles. The Morgan fingerprint density at radius 3 is 2.34 bits per heavy atom. The number of nitro groups is 1. The monoisotopic (exact) mass is 432 g/mol. The molecule has 0 bridgehead atoms. The van der Waals surface area contributed by atoms with E-state index in [1.165, 1.54) is 42.4 Å². The predicted octanol–water partition coefficient (Wildman–Crippen LogP) is 4.78. The molecule has 1 aliphatic heterocycles. The molecule has 1 heterocycles. The molecular weight excluding hydrogens is 419 g/mol. The number of non-ortho nitro benzene ring substituents is 1. The van der Waals surface area contributed by atoms with Gasteiger partial charge in [0.25, 0.3) is 11.6 Å². The molecule has 148 valence electrons. The van der Waals surface area contributed by atoms with Crippen molar-refractivity contribution in [3.05, 3.63) is 85.0 Å². The van der Waals surface area contributed by atoms with Crippen LogP contribution in [0, 0.1) is 10.1 Å². The zero-order valence-electron chi connectivity index (χ0n) is 15.3. The van der Waals surface area contributed by atoms with Crippen molar-refractivity contribution in [2.24, 2.45) is 0 Å². The van der Waals surface area contributed by atoms with E-state index in [0.29, 0.717) is 27.0 Å². The van der Waals surface area contributed by atoms with Crippen LogP contribution in [0.5, 0.6) is 0 Å². The van der Waals surface area contributed by atoms with Gasteiger partial charge in [-0.2, -0.15) is 0 Å². The molecule has 9 heteroatoms. The fraction of sp³-hybridized carbons (Fsp3) is 0.100. The van der Waals surface area contributed by atoms with Gasteiger partial charge in [0, 0.05) is 23.5 Å². The summed E-state index contributed by atoms with van der Waals surface area (Å²) < 4.78 is 4.85. The smallest absolute Gasteiger partial charge is 0.340 e. The number of carbonyl (C=O) groups excluding carboxylic acids is 2. The van der Waals surface area contributed by atoms with E-state index < -0.39 is 16.8 Å². The minimum Gasteiger partial charge on any atom is -0.465 e. The van der Waals surface area contributed by atoms with Gasteiger partial charge >= 0.3 is 5.97 Å². The van der Waals surface area contributed by atoms with Crippen molar-refractivity contribution in [3.63, 3.8) is 0 Å². The van der Waals surface area contributed by atoms with Gasteiger partial charge in [-0.1, -0.05) is 29.3 Å². The Morgan fingerprint density at radius 2 is 1.79 bits per heavy atom. The number of carbonyl (C=O) groups is 2. The number of hydrogen-bond donors (Lipinski definition) is 0. The third-order valence-corrected chi connectivity index (χ3v) is 5.10. The average Bonchev–Trinajstić information content (AvgIpc) is 2.94. The largest absolute Gasteiger partial charge is 0.465 e. The maximum Gasteiger partial charge on any atom is 0.340 e. The standard InChI is InChI=1S/C20H14Cl2N2O5/c1-11-18(20(26)29-2)15(9-12-3-8-16(21)17(22)10-12)19(25)23(11)13-4-6-14(7-5-13)24(27)28/h3-10H,1-2H3. The molecule has 0 spiro atoms. The van der Waals surface area contributed by atoms with Gasteiger partial charge in [-0.3, -0.25) is 19.8 Å². The number of amides is 1. The summed E-state index contributed by atoms with van der Waals surface area (Å²) in [4.78, 5) is 37.2. The molecule has 29 heavy (non-hydrogen) atoms. The number of anilines is 1. The molecule has 7 nitrogen and oxygen atoms in total. The number of allylic oxidation sites excluding steroid dienone is 1. The van der Waals surface area contributed by atoms with Gasteiger partial charge in [-0.25, -0.2) is 4.79 Å². The molecule has 2 aromatic rings. The quantitative estimate of drug-likeness (QED) is 0.300. The second-order valence-electron chi connectivity index (χ2n) is 6.10. The Labute approximate surface area is 175 Å². The number of hydrogen-bond acceptors (Lipinski definition) is 5. The number of esters is 1.